The summed E-state index contributed by atoms with van der Waals surface area (Å²) in [6, 6.07) is 4.74. The zero-order valence-electron chi connectivity index (χ0n) is 14.7. The molecule has 26 heavy (non-hydrogen) atoms. The number of fused-ring (bicyclic) bond motifs is 1. The fourth-order valence-electron chi connectivity index (χ4n) is 2.86. The molecule has 2 aromatic rings. The standard InChI is InChI=1S/C17H19F2N3O3S/c1-8(2)22-15-13(16(23)21-22)14(26-9(3)20-15)10-5-6-11(25-17(18)19)12(7-10)24-4/h5-8,14,17H,1-4H3,(H,21,23)/t14-/m0/s1. The topological polar surface area (TPSA) is 68.6 Å². The van der Waals surface area contributed by atoms with Crippen LogP contribution in [-0.4, -0.2) is 28.5 Å². The molecule has 0 saturated carbocycles. The van der Waals surface area contributed by atoms with Gasteiger partial charge in [0, 0.05) is 6.04 Å². The summed E-state index contributed by atoms with van der Waals surface area (Å²) in [4.78, 5) is 17.1. The summed E-state index contributed by atoms with van der Waals surface area (Å²) < 4.78 is 36.4. The van der Waals surface area contributed by atoms with Gasteiger partial charge in [-0.2, -0.15) is 8.78 Å². The molecular formula is C17H19F2N3O3S. The number of benzene rings is 1. The van der Waals surface area contributed by atoms with Crippen molar-refractivity contribution in [1.29, 1.82) is 0 Å². The van der Waals surface area contributed by atoms with E-state index in [9.17, 15) is 13.6 Å². The van der Waals surface area contributed by atoms with Crippen LogP contribution in [0, 0.1) is 0 Å². The zero-order chi connectivity index (χ0) is 19.0. The summed E-state index contributed by atoms with van der Waals surface area (Å²) in [5, 5.41) is 3.32. The van der Waals surface area contributed by atoms with Gasteiger partial charge in [0.15, 0.2) is 17.3 Å². The highest BCUT2D eigenvalue weighted by molar-refractivity contribution is 8.14. The molecule has 0 spiro atoms. The van der Waals surface area contributed by atoms with E-state index in [4.69, 9.17) is 4.74 Å². The van der Waals surface area contributed by atoms with Crippen molar-refractivity contribution < 1.29 is 18.3 Å². The van der Waals surface area contributed by atoms with Crippen molar-refractivity contribution in [2.75, 3.05) is 7.11 Å². The van der Waals surface area contributed by atoms with E-state index in [1.54, 1.807) is 16.8 Å². The molecule has 0 saturated heterocycles. The second-order valence-electron chi connectivity index (χ2n) is 6.06. The van der Waals surface area contributed by atoms with Crippen LogP contribution in [0.2, 0.25) is 0 Å². The number of nitrogens with one attached hydrogen (secondary N) is 1. The van der Waals surface area contributed by atoms with Gasteiger partial charge in [-0.15, -0.1) is 0 Å². The van der Waals surface area contributed by atoms with Crippen LogP contribution < -0.4 is 15.0 Å². The molecule has 0 bridgehead atoms. The van der Waals surface area contributed by atoms with E-state index < -0.39 is 6.61 Å². The molecule has 2 heterocycles. The van der Waals surface area contributed by atoms with Crippen molar-refractivity contribution in [1.82, 2.24) is 9.78 Å². The van der Waals surface area contributed by atoms with Crippen LogP contribution in [0.15, 0.2) is 28.0 Å². The number of rotatable bonds is 5. The second-order valence-corrected chi connectivity index (χ2v) is 7.36. The maximum Gasteiger partial charge on any atom is 0.387 e. The number of hydrogen-bond acceptors (Lipinski definition) is 5. The lowest BCUT2D eigenvalue weighted by Gasteiger charge is -2.22. The summed E-state index contributed by atoms with van der Waals surface area (Å²) in [7, 11) is 1.38. The molecule has 0 unspecified atom stereocenters. The summed E-state index contributed by atoms with van der Waals surface area (Å²) in [5.74, 6) is 0.731. The first-order chi connectivity index (χ1) is 12.3. The van der Waals surface area contributed by atoms with Gasteiger partial charge in [0.1, 0.15) is 0 Å². The Labute approximate surface area is 153 Å². The van der Waals surface area contributed by atoms with Crippen molar-refractivity contribution in [3.8, 4) is 11.5 Å². The predicted molar refractivity (Wildman–Crippen MR) is 97.3 cm³/mol. The largest absolute Gasteiger partial charge is 0.493 e. The average Bonchev–Trinajstić information content (AvgIpc) is 2.91. The van der Waals surface area contributed by atoms with E-state index in [0.29, 0.717) is 11.4 Å². The molecule has 3 rings (SSSR count). The Morgan fingerprint density at radius 3 is 2.65 bits per heavy atom. The van der Waals surface area contributed by atoms with Crippen LogP contribution in [0.3, 0.4) is 0 Å². The maximum atomic E-state index is 12.5. The van der Waals surface area contributed by atoms with Crippen molar-refractivity contribution in [3.05, 3.63) is 39.7 Å². The lowest BCUT2D eigenvalue weighted by Crippen LogP contribution is -2.14. The van der Waals surface area contributed by atoms with Gasteiger partial charge in [-0.25, -0.2) is 4.99 Å². The number of aromatic nitrogens is 2. The molecule has 6 nitrogen and oxygen atoms in total. The molecule has 140 valence electrons. The van der Waals surface area contributed by atoms with Crippen LogP contribution in [-0.2, 0) is 0 Å². The summed E-state index contributed by atoms with van der Waals surface area (Å²) >= 11 is 1.43. The minimum Gasteiger partial charge on any atom is -0.493 e. The fraction of sp³-hybridized carbons (Fsp3) is 0.412. The Morgan fingerprint density at radius 2 is 2.04 bits per heavy atom. The SMILES string of the molecule is COc1cc([C@@H]2SC(C)=Nc3c2c(=O)[nH]n3C(C)C)ccc1OC(F)F. The number of H-pyrrole nitrogens is 1. The third-order valence-corrected chi connectivity index (χ3v) is 5.15. The molecule has 1 aliphatic heterocycles. The predicted octanol–water partition coefficient (Wildman–Crippen LogP) is 4.25. The van der Waals surface area contributed by atoms with Crippen LogP contribution >= 0.6 is 11.8 Å². The van der Waals surface area contributed by atoms with Crippen LogP contribution in [0.25, 0.3) is 0 Å². The molecule has 1 aromatic heterocycles. The Balaban J connectivity index is 2.09. The molecular weight excluding hydrogens is 364 g/mol. The molecule has 1 N–H and O–H groups in total. The first kappa shape index (κ1) is 18.5. The summed E-state index contributed by atoms with van der Waals surface area (Å²) in [6.07, 6.45) is 0. The van der Waals surface area contributed by atoms with Crippen LogP contribution in [0.5, 0.6) is 11.5 Å². The lowest BCUT2D eigenvalue weighted by atomic mass is 10.1. The van der Waals surface area contributed by atoms with E-state index in [1.807, 2.05) is 20.8 Å². The van der Waals surface area contributed by atoms with Crippen molar-refractivity contribution in [2.24, 2.45) is 4.99 Å². The summed E-state index contributed by atoms with van der Waals surface area (Å²) in [5.41, 5.74) is 1.07. The van der Waals surface area contributed by atoms with Gasteiger partial charge >= 0.3 is 6.61 Å². The number of aromatic amines is 1. The minimum absolute atomic E-state index is 0.0445. The highest BCUT2D eigenvalue weighted by atomic mass is 32.2. The van der Waals surface area contributed by atoms with Crippen molar-refractivity contribution in [3.63, 3.8) is 0 Å². The number of thioether (sulfide) groups is 1. The number of hydrogen-bond donors (Lipinski definition) is 1. The Hall–Kier alpha value is -2.29. The number of halogens is 2. The van der Waals surface area contributed by atoms with Crippen LogP contribution in [0.1, 0.15) is 43.2 Å². The lowest BCUT2D eigenvalue weighted by molar-refractivity contribution is -0.0512. The minimum atomic E-state index is -2.94. The van der Waals surface area contributed by atoms with Gasteiger partial charge in [-0.1, -0.05) is 17.8 Å². The fourth-order valence-corrected chi connectivity index (χ4v) is 3.95. The quantitative estimate of drug-likeness (QED) is 0.838. The smallest absolute Gasteiger partial charge is 0.387 e. The van der Waals surface area contributed by atoms with E-state index >= 15 is 0 Å². The molecule has 1 atom stereocenters. The molecule has 0 fully saturated rings. The molecule has 0 aliphatic carbocycles. The number of methoxy groups -OCH3 is 1. The number of alkyl halides is 2. The Morgan fingerprint density at radius 1 is 1.31 bits per heavy atom. The number of ether oxygens (including phenoxy) is 2. The summed E-state index contributed by atoms with van der Waals surface area (Å²) in [6.45, 7) is 2.84. The highest BCUT2D eigenvalue weighted by Gasteiger charge is 2.31. The van der Waals surface area contributed by atoms with Gasteiger partial charge in [-0.05, 0) is 38.5 Å². The molecule has 9 heteroatoms. The van der Waals surface area contributed by atoms with Gasteiger partial charge in [0.2, 0.25) is 0 Å². The van der Waals surface area contributed by atoms with Gasteiger partial charge < -0.3 is 9.47 Å². The van der Waals surface area contributed by atoms with E-state index in [2.05, 4.69) is 14.8 Å². The van der Waals surface area contributed by atoms with E-state index in [-0.39, 0.29) is 28.4 Å². The van der Waals surface area contributed by atoms with Gasteiger partial charge in [0.05, 0.1) is 23.0 Å². The molecule has 0 radical (unpaired) electrons. The average molecular weight is 383 g/mol. The highest BCUT2D eigenvalue weighted by Crippen LogP contribution is 2.45. The third kappa shape index (κ3) is 3.35. The number of nitrogens with zero attached hydrogens (tertiary/aromatic N) is 2. The van der Waals surface area contributed by atoms with E-state index in [0.717, 1.165) is 10.6 Å². The Bertz CT molecular complexity index is 905. The van der Waals surface area contributed by atoms with Gasteiger partial charge in [0.25, 0.3) is 5.56 Å². The van der Waals surface area contributed by atoms with Crippen molar-refractivity contribution >= 4 is 22.6 Å². The first-order valence-corrected chi connectivity index (χ1v) is 8.88. The number of aliphatic imine (C=N–C) groups is 1. The Kier molecular flexibility index (Phi) is 5.08. The second kappa shape index (κ2) is 7.14. The molecule has 0 amide bonds. The van der Waals surface area contributed by atoms with Gasteiger partial charge in [-0.3, -0.25) is 14.6 Å². The molecule has 1 aromatic carbocycles. The third-order valence-electron chi connectivity index (χ3n) is 3.97. The van der Waals surface area contributed by atoms with Crippen LogP contribution in [0.4, 0.5) is 14.6 Å². The van der Waals surface area contributed by atoms with E-state index in [1.165, 1.54) is 24.9 Å². The first-order valence-electron chi connectivity index (χ1n) is 8.01. The zero-order valence-corrected chi connectivity index (χ0v) is 15.6. The monoisotopic (exact) mass is 383 g/mol. The molecule has 1 aliphatic rings. The maximum absolute atomic E-state index is 12.5. The van der Waals surface area contributed by atoms with Crippen molar-refractivity contribution in [2.45, 2.75) is 38.7 Å². The normalized spacial score (nSPS) is 16.6.